The molecule has 5 unspecified atom stereocenters. The van der Waals surface area contributed by atoms with Crippen LogP contribution in [-0.2, 0) is 14.6 Å². The van der Waals surface area contributed by atoms with Gasteiger partial charge in [0.1, 0.15) is 0 Å². The van der Waals surface area contributed by atoms with Crippen LogP contribution >= 0.6 is 0 Å². The van der Waals surface area contributed by atoms with E-state index in [9.17, 15) is 13.2 Å². The van der Waals surface area contributed by atoms with Gasteiger partial charge >= 0.3 is 0 Å². The zero-order valence-corrected chi connectivity index (χ0v) is 18.5. The normalized spacial score (nSPS) is 50.1. The van der Waals surface area contributed by atoms with Gasteiger partial charge in [0, 0.05) is 25.3 Å². The maximum absolute atomic E-state index is 12.7. The average molecular weight is 396 g/mol. The van der Waals surface area contributed by atoms with Crippen LogP contribution in [0, 0.1) is 34.5 Å². The first-order valence-corrected chi connectivity index (χ1v) is 12.7. The van der Waals surface area contributed by atoms with Crippen molar-refractivity contribution >= 4 is 15.7 Å². The first-order valence-electron chi connectivity index (χ1n) is 11.0. The van der Waals surface area contributed by atoms with Crippen LogP contribution in [0.4, 0.5) is 0 Å². The van der Waals surface area contributed by atoms with Gasteiger partial charge in [-0.05, 0) is 73.0 Å². The number of sulfone groups is 1. The number of piperidine rings is 1. The minimum atomic E-state index is -2.96. The number of rotatable bonds is 2. The Morgan fingerprint density at radius 2 is 1.85 bits per heavy atom. The summed E-state index contributed by atoms with van der Waals surface area (Å²) in [6.45, 7) is 8.97. The lowest BCUT2D eigenvalue weighted by Crippen LogP contribution is -2.62. The average Bonchev–Trinajstić information content (AvgIpc) is 2.99. The van der Waals surface area contributed by atoms with E-state index >= 15 is 0 Å². The molecule has 0 aromatic heterocycles. The van der Waals surface area contributed by atoms with E-state index in [4.69, 9.17) is 0 Å². The number of carbonyl (C=O) groups excluding carboxylic acids is 1. The van der Waals surface area contributed by atoms with Gasteiger partial charge < -0.3 is 4.90 Å². The van der Waals surface area contributed by atoms with Crippen molar-refractivity contribution in [1.29, 1.82) is 0 Å². The van der Waals surface area contributed by atoms with Crippen molar-refractivity contribution in [2.24, 2.45) is 34.5 Å². The standard InChI is InChI=1S/C22H37NO3S/c1-6-27(25,26)15-12-17-20-14(2)11-18-22(4,10-8-19(24)23(18)5)16(20)7-9-21(17,3)13-15/h14-18,20H,6-13H2,1-5H3/t14?,15-,16?,17?,18?,20?,21+,22+/m0/s1. The van der Waals surface area contributed by atoms with Gasteiger partial charge in [-0.3, -0.25) is 4.79 Å². The summed E-state index contributed by atoms with van der Waals surface area (Å²) in [5.74, 6) is 2.91. The van der Waals surface area contributed by atoms with E-state index in [2.05, 4.69) is 20.8 Å². The van der Waals surface area contributed by atoms with E-state index in [1.54, 1.807) is 6.92 Å². The van der Waals surface area contributed by atoms with Gasteiger partial charge in [0.15, 0.2) is 9.84 Å². The molecule has 0 radical (unpaired) electrons. The van der Waals surface area contributed by atoms with Crippen molar-refractivity contribution in [3.63, 3.8) is 0 Å². The number of fused-ring (bicyclic) bond motifs is 5. The molecule has 4 fully saturated rings. The fourth-order valence-corrected chi connectivity index (χ4v) is 9.57. The van der Waals surface area contributed by atoms with Gasteiger partial charge in [-0.15, -0.1) is 0 Å². The van der Waals surface area contributed by atoms with Crippen molar-refractivity contribution in [3.05, 3.63) is 0 Å². The molecule has 4 aliphatic rings. The highest BCUT2D eigenvalue weighted by atomic mass is 32.2. The summed E-state index contributed by atoms with van der Waals surface area (Å²) >= 11 is 0. The Labute approximate surface area is 165 Å². The smallest absolute Gasteiger partial charge is 0.222 e. The molecule has 0 aromatic carbocycles. The Morgan fingerprint density at radius 1 is 1.15 bits per heavy atom. The third-order valence-corrected chi connectivity index (χ3v) is 11.8. The molecule has 27 heavy (non-hydrogen) atoms. The van der Waals surface area contributed by atoms with Crippen molar-refractivity contribution in [3.8, 4) is 0 Å². The molecule has 1 aliphatic heterocycles. The summed E-state index contributed by atoms with van der Waals surface area (Å²) in [4.78, 5) is 14.4. The second kappa shape index (κ2) is 6.21. The first kappa shape index (κ1) is 19.7. The highest BCUT2D eigenvalue weighted by Crippen LogP contribution is 2.66. The monoisotopic (exact) mass is 395 g/mol. The Kier molecular flexibility index (Phi) is 4.53. The summed E-state index contributed by atoms with van der Waals surface area (Å²) in [7, 11) is -0.953. The number of nitrogens with zero attached hydrogens (tertiary/aromatic N) is 1. The third kappa shape index (κ3) is 2.73. The fraction of sp³-hybridized carbons (Fsp3) is 0.955. The van der Waals surface area contributed by atoms with E-state index in [0.29, 0.717) is 42.0 Å². The van der Waals surface area contributed by atoms with Gasteiger partial charge in [-0.2, -0.15) is 0 Å². The second-order valence-electron chi connectivity index (χ2n) is 10.7. The van der Waals surface area contributed by atoms with Gasteiger partial charge in [0.05, 0.1) is 5.25 Å². The van der Waals surface area contributed by atoms with Crippen LogP contribution in [0.2, 0.25) is 0 Å². The topological polar surface area (TPSA) is 54.5 Å². The number of amides is 1. The van der Waals surface area contributed by atoms with Gasteiger partial charge in [0.25, 0.3) is 0 Å². The molecular formula is C22H37NO3S. The van der Waals surface area contributed by atoms with Crippen molar-refractivity contribution in [2.45, 2.75) is 83.9 Å². The summed E-state index contributed by atoms with van der Waals surface area (Å²) < 4.78 is 25.3. The lowest BCUT2D eigenvalue weighted by atomic mass is 9.45. The molecular weight excluding hydrogens is 358 g/mol. The van der Waals surface area contributed by atoms with Gasteiger partial charge in [-0.1, -0.05) is 27.7 Å². The molecule has 5 heteroatoms. The molecule has 3 aliphatic carbocycles. The zero-order valence-electron chi connectivity index (χ0n) is 17.7. The number of hydrogen-bond donors (Lipinski definition) is 0. The van der Waals surface area contributed by atoms with E-state index in [-0.39, 0.29) is 21.8 Å². The van der Waals surface area contributed by atoms with Crippen LogP contribution in [0.25, 0.3) is 0 Å². The van der Waals surface area contributed by atoms with Gasteiger partial charge in [0.2, 0.25) is 5.91 Å². The molecule has 0 N–H and O–H groups in total. The van der Waals surface area contributed by atoms with Crippen molar-refractivity contribution in [2.75, 3.05) is 12.8 Å². The van der Waals surface area contributed by atoms with Crippen molar-refractivity contribution in [1.82, 2.24) is 4.90 Å². The minimum Gasteiger partial charge on any atom is -0.342 e. The van der Waals surface area contributed by atoms with Crippen LogP contribution in [0.5, 0.6) is 0 Å². The molecule has 0 bridgehead atoms. The largest absolute Gasteiger partial charge is 0.342 e. The predicted molar refractivity (Wildman–Crippen MR) is 108 cm³/mol. The summed E-state index contributed by atoms with van der Waals surface area (Å²) in [6.07, 6.45) is 6.86. The van der Waals surface area contributed by atoms with Crippen LogP contribution in [0.1, 0.15) is 72.6 Å². The summed E-state index contributed by atoms with van der Waals surface area (Å²) in [6, 6.07) is 0.357. The fourth-order valence-electron chi connectivity index (χ4n) is 7.97. The molecule has 1 amide bonds. The Morgan fingerprint density at radius 3 is 2.52 bits per heavy atom. The van der Waals surface area contributed by atoms with Crippen LogP contribution in [0.3, 0.4) is 0 Å². The maximum Gasteiger partial charge on any atom is 0.222 e. The van der Waals surface area contributed by atoms with Crippen LogP contribution < -0.4 is 0 Å². The predicted octanol–water partition coefficient (Wildman–Crippen LogP) is 3.90. The lowest BCUT2D eigenvalue weighted by Gasteiger charge is -2.63. The highest BCUT2D eigenvalue weighted by Gasteiger charge is 2.62. The summed E-state index contributed by atoms with van der Waals surface area (Å²) in [5, 5.41) is -0.135. The molecule has 0 aromatic rings. The number of carbonyl (C=O) groups is 1. The van der Waals surface area contributed by atoms with Gasteiger partial charge in [-0.25, -0.2) is 8.42 Å². The minimum absolute atomic E-state index is 0.135. The van der Waals surface area contributed by atoms with E-state index < -0.39 is 9.84 Å². The summed E-state index contributed by atoms with van der Waals surface area (Å²) in [5.41, 5.74) is 0.380. The quantitative estimate of drug-likeness (QED) is 0.712. The SMILES string of the molecule is CCS(=O)(=O)[C@H]1CC2C3C(C)CC4N(C)C(=O)CC[C@]4(C)C3CC[C@]2(C)C1. The maximum atomic E-state index is 12.7. The number of likely N-dealkylation sites (tertiary alicyclic amines) is 1. The molecule has 0 spiro atoms. The molecule has 1 saturated heterocycles. The Bertz CT molecular complexity index is 734. The molecule has 3 saturated carbocycles. The molecule has 1 heterocycles. The van der Waals surface area contributed by atoms with E-state index in [1.807, 2.05) is 11.9 Å². The highest BCUT2D eigenvalue weighted by molar-refractivity contribution is 7.92. The van der Waals surface area contributed by atoms with Crippen LogP contribution in [-0.4, -0.2) is 43.3 Å². The van der Waals surface area contributed by atoms with Crippen LogP contribution in [0.15, 0.2) is 0 Å². The second-order valence-corrected chi connectivity index (χ2v) is 13.3. The molecule has 154 valence electrons. The zero-order chi connectivity index (χ0) is 19.8. The van der Waals surface area contributed by atoms with E-state index in [1.165, 1.54) is 6.42 Å². The Hall–Kier alpha value is -0.580. The van der Waals surface area contributed by atoms with E-state index in [0.717, 1.165) is 32.1 Å². The Balaban J connectivity index is 1.68. The lowest BCUT2D eigenvalue weighted by molar-refractivity contribution is -0.164. The van der Waals surface area contributed by atoms with Crippen molar-refractivity contribution < 1.29 is 13.2 Å². The number of hydrogen-bond acceptors (Lipinski definition) is 3. The molecule has 4 rings (SSSR count). The third-order valence-electron chi connectivity index (χ3n) is 9.57. The molecule has 8 atom stereocenters. The molecule has 4 nitrogen and oxygen atoms in total. The first-order chi connectivity index (χ1) is 12.5.